The Morgan fingerprint density at radius 2 is 1.68 bits per heavy atom. The van der Waals surface area contributed by atoms with Crippen LogP contribution in [0.3, 0.4) is 0 Å². The van der Waals surface area contributed by atoms with Crippen molar-refractivity contribution in [3.05, 3.63) is 59.7 Å². The zero-order chi connectivity index (χ0) is 24.1. The summed E-state index contributed by atoms with van der Waals surface area (Å²) < 4.78 is 5.56. The van der Waals surface area contributed by atoms with Crippen LogP contribution in [-0.2, 0) is 14.3 Å². The molecular formula is C27H32N2O5. The first kappa shape index (κ1) is 23.8. The molecule has 1 atom stereocenters. The van der Waals surface area contributed by atoms with Crippen molar-refractivity contribution in [1.29, 1.82) is 0 Å². The van der Waals surface area contributed by atoms with Gasteiger partial charge < -0.3 is 20.1 Å². The van der Waals surface area contributed by atoms with Crippen molar-refractivity contribution in [1.82, 2.24) is 10.2 Å². The average Bonchev–Trinajstić information content (AvgIpc) is 3.59. The molecule has 2 aliphatic rings. The molecule has 0 bridgehead atoms. The fraction of sp³-hybridized carbons (Fsp3) is 0.444. The maximum Gasteiger partial charge on any atom is 0.407 e. The summed E-state index contributed by atoms with van der Waals surface area (Å²) in [7, 11) is 0. The molecule has 7 nitrogen and oxygen atoms in total. The number of nitrogens with one attached hydrogen (secondary N) is 1. The van der Waals surface area contributed by atoms with Crippen LogP contribution in [0.5, 0.6) is 0 Å². The minimum absolute atomic E-state index is 0.00219. The molecule has 0 aromatic heterocycles. The minimum atomic E-state index is -0.904. The van der Waals surface area contributed by atoms with Crippen LogP contribution in [0.1, 0.15) is 49.7 Å². The summed E-state index contributed by atoms with van der Waals surface area (Å²) in [5, 5.41) is 11.7. The molecule has 1 saturated carbocycles. The lowest BCUT2D eigenvalue weighted by molar-refractivity contribution is -0.138. The molecular weight excluding hydrogens is 432 g/mol. The Balaban J connectivity index is 1.24. The molecule has 4 rings (SSSR count). The van der Waals surface area contributed by atoms with Crippen molar-refractivity contribution in [2.24, 2.45) is 11.8 Å². The van der Waals surface area contributed by atoms with E-state index < -0.39 is 12.1 Å². The number of hydrogen-bond donors (Lipinski definition) is 2. The van der Waals surface area contributed by atoms with Crippen molar-refractivity contribution in [2.75, 3.05) is 26.2 Å². The quantitative estimate of drug-likeness (QED) is 0.518. The highest BCUT2D eigenvalue weighted by Gasteiger charge is 2.30. The van der Waals surface area contributed by atoms with Gasteiger partial charge in [-0.25, -0.2) is 4.79 Å². The molecule has 7 heteroatoms. The van der Waals surface area contributed by atoms with Gasteiger partial charge in [0, 0.05) is 32.0 Å². The van der Waals surface area contributed by atoms with Gasteiger partial charge in [0.2, 0.25) is 5.91 Å². The molecule has 0 saturated heterocycles. The zero-order valence-electron chi connectivity index (χ0n) is 19.5. The number of hydrogen-bond acceptors (Lipinski definition) is 4. The Morgan fingerprint density at radius 1 is 1.06 bits per heavy atom. The van der Waals surface area contributed by atoms with E-state index >= 15 is 0 Å². The number of benzene rings is 2. The Morgan fingerprint density at radius 3 is 2.26 bits per heavy atom. The first-order valence-corrected chi connectivity index (χ1v) is 12.0. The molecule has 0 aliphatic heterocycles. The molecule has 0 spiro atoms. The molecule has 2 aliphatic carbocycles. The van der Waals surface area contributed by atoms with E-state index in [0.717, 1.165) is 24.0 Å². The van der Waals surface area contributed by atoms with Gasteiger partial charge in [-0.3, -0.25) is 9.59 Å². The lowest BCUT2D eigenvalue weighted by atomic mass is 9.98. The predicted octanol–water partition coefficient (Wildman–Crippen LogP) is 4.26. The summed E-state index contributed by atoms with van der Waals surface area (Å²) in [6.45, 7) is 3.32. The normalized spacial score (nSPS) is 15.2. The van der Waals surface area contributed by atoms with E-state index in [9.17, 15) is 14.4 Å². The Labute approximate surface area is 200 Å². The molecule has 1 fully saturated rings. The fourth-order valence-electron chi connectivity index (χ4n) is 4.57. The molecule has 2 aromatic rings. The van der Waals surface area contributed by atoms with Gasteiger partial charge in [0.25, 0.3) is 0 Å². The molecule has 2 N–H and O–H groups in total. The van der Waals surface area contributed by atoms with Crippen molar-refractivity contribution < 1.29 is 24.2 Å². The van der Waals surface area contributed by atoms with Crippen LogP contribution < -0.4 is 5.32 Å². The number of carbonyl (C=O) groups is 3. The number of ether oxygens (including phenoxy) is 1. The number of carboxylic acids is 1. The second-order valence-corrected chi connectivity index (χ2v) is 9.44. The lowest BCUT2D eigenvalue weighted by Crippen LogP contribution is -2.37. The Kier molecular flexibility index (Phi) is 7.50. The number of fused-ring (bicyclic) bond motifs is 3. The van der Waals surface area contributed by atoms with Gasteiger partial charge in [0.1, 0.15) is 6.61 Å². The zero-order valence-corrected chi connectivity index (χ0v) is 19.5. The van der Waals surface area contributed by atoms with Crippen LogP contribution in [0.25, 0.3) is 11.1 Å². The van der Waals surface area contributed by atoms with E-state index in [0.29, 0.717) is 19.0 Å². The van der Waals surface area contributed by atoms with E-state index in [1.54, 1.807) is 4.90 Å². The smallest absolute Gasteiger partial charge is 0.407 e. The number of amides is 2. The van der Waals surface area contributed by atoms with Crippen molar-refractivity contribution in [3.8, 4) is 11.1 Å². The van der Waals surface area contributed by atoms with Crippen molar-refractivity contribution >= 4 is 18.0 Å². The van der Waals surface area contributed by atoms with Gasteiger partial charge >= 0.3 is 12.1 Å². The van der Waals surface area contributed by atoms with Crippen LogP contribution in [0.4, 0.5) is 4.79 Å². The fourth-order valence-corrected chi connectivity index (χ4v) is 4.57. The minimum Gasteiger partial charge on any atom is -0.481 e. The number of nitrogens with zero attached hydrogens (tertiary/aromatic N) is 1. The summed E-state index contributed by atoms with van der Waals surface area (Å²) in [6.07, 6.45) is 1.90. The molecule has 180 valence electrons. The molecule has 0 heterocycles. The van der Waals surface area contributed by atoms with Crippen molar-refractivity contribution in [3.63, 3.8) is 0 Å². The highest BCUT2D eigenvalue weighted by Crippen LogP contribution is 2.44. The van der Waals surface area contributed by atoms with E-state index in [-0.39, 0.29) is 43.7 Å². The van der Waals surface area contributed by atoms with E-state index in [4.69, 9.17) is 9.84 Å². The SMILES string of the molecule is CC(CNC(=O)OCC1c2ccccc2-c2ccccc21)CC(=O)N(CCC(=O)O)CC1CC1. The van der Waals surface area contributed by atoms with E-state index in [1.807, 2.05) is 31.2 Å². The van der Waals surface area contributed by atoms with Gasteiger partial charge in [-0.2, -0.15) is 0 Å². The number of aliphatic carboxylic acids is 1. The van der Waals surface area contributed by atoms with Crippen molar-refractivity contribution in [2.45, 2.75) is 38.5 Å². The molecule has 2 amide bonds. The number of carboxylic acid groups (broad SMARTS) is 1. The first-order chi connectivity index (χ1) is 16.4. The summed E-state index contributed by atoms with van der Waals surface area (Å²) in [5.41, 5.74) is 4.68. The lowest BCUT2D eigenvalue weighted by Gasteiger charge is -2.24. The van der Waals surface area contributed by atoms with Crippen LogP contribution in [-0.4, -0.2) is 54.2 Å². The highest BCUT2D eigenvalue weighted by molar-refractivity contribution is 5.79. The van der Waals surface area contributed by atoms with Gasteiger partial charge in [-0.05, 0) is 46.9 Å². The molecule has 34 heavy (non-hydrogen) atoms. The van der Waals surface area contributed by atoms with Gasteiger partial charge in [0.15, 0.2) is 0 Å². The average molecular weight is 465 g/mol. The van der Waals surface area contributed by atoms with Crippen LogP contribution in [0.2, 0.25) is 0 Å². The van der Waals surface area contributed by atoms with Gasteiger partial charge in [-0.1, -0.05) is 55.5 Å². The number of carbonyl (C=O) groups excluding carboxylic acids is 2. The summed E-state index contributed by atoms with van der Waals surface area (Å²) >= 11 is 0. The number of alkyl carbamates (subject to hydrolysis) is 1. The summed E-state index contributed by atoms with van der Waals surface area (Å²) in [5.74, 6) is -0.553. The van der Waals surface area contributed by atoms with Gasteiger partial charge in [0.05, 0.1) is 6.42 Å². The third-order valence-corrected chi connectivity index (χ3v) is 6.59. The number of rotatable bonds is 11. The van der Waals surface area contributed by atoms with E-state index in [2.05, 4.69) is 29.6 Å². The topological polar surface area (TPSA) is 95.9 Å². The summed E-state index contributed by atoms with van der Waals surface area (Å²) in [4.78, 5) is 37.7. The third kappa shape index (κ3) is 5.95. The summed E-state index contributed by atoms with van der Waals surface area (Å²) in [6, 6.07) is 16.4. The molecule has 0 radical (unpaired) electrons. The maximum atomic E-state index is 12.7. The monoisotopic (exact) mass is 464 g/mol. The molecule has 2 aromatic carbocycles. The Hall–Kier alpha value is -3.35. The maximum absolute atomic E-state index is 12.7. The third-order valence-electron chi connectivity index (χ3n) is 6.59. The van der Waals surface area contributed by atoms with Crippen LogP contribution in [0.15, 0.2) is 48.5 Å². The largest absolute Gasteiger partial charge is 0.481 e. The molecule has 1 unspecified atom stereocenters. The second-order valence-electron chi connectivity index (χ2n) is 9.44. The standard InChI is InChI=1S/C27H32N2O5/c1-18(14-25(30)29(13-12-26(31)32)16-19-10-11-19)15-28-27(33)34-17-24-22-8-4-2-6-20(22)21-7-3-5-9-23(21)24/h2-9,18-19,24H,10-17H2,1H3,(H,28,33)(H,31,32). The van der Waals surface area contributed by atoms with Crippen LogP contribution in [0, 0.1) is 11.8 Å². The van der Waals surface area contributed by atoms with Crippen LogP contribution >= 0.6 is 0 Å². The second kappa shape index (κ2) is 10.7. The predicted molar refractivity (Wildman–Crippen MR) is 128 cm³/mol. The Bertz CT molecular complexity index is 1000. The highest BCUT2D eigenvalue weighted by atomic mass is 16.5. The first-order valence-electron chi connectivity index (χ1n) is 12.0. The van der Waals surface area contributed by atoms with E-state index in [1.165, 1.54) is 11.1 Å². The van der Waals surface area contributed by atoms with Gasteiger partial charge in [-0.15, -0.1) is 0 Å².